The summed E-state index contributed by atoms with van der Waals surface area (Å²) < 4.78 is 34.4. The van der Waals surface area contributed by atoms with E-state index >= 15 is 0 Å². The molecule has 20 heavy (non-hydrogen) atoms. The topological polar surface area (TPSA) is 80.6 Å². The average Bonchev–Trinajstić information content (AvgIpc) is 2.84. The van der Waals surface area contributed by atoms with Crippen molar-refractivity contribution in [2.75, 3.05) is 13.2 Å². The number of ether oxygens (including phenoxy) is 1. The van der Waals surface area contributed by atoms with Crippen molar-refractivity contribution in [3.05, 3.63) is 18.0 Å². The van der Waals surface area contributed by atoms with Crippen molar-refractivity contribution in [3.63, 3.8) is 0 Å². The van der Waals surface area contributed by atoms with Crippen molar-refractivity contribution in [1.29, 1.82) is 0 Å². The van der Waals surface area contributed by atoms with E-state index in [4.69, 9.17) is 4.74 Å². The Hall–Kier alpha value is -0.890. The summed E-state index contributed by atoms with van der Waals surface area (Å²) in [6.07, 6.45) is 4.12. The van der Waals surface area contributed by atoms with Gasteiger partial charge in [-0.25, -0.2) is 13.1 Å². The van der Waals surface area contributed by atoms with Crippen LogP contribution in [0.3, 0.4) is 0 Å². The first-order chi connectivity index (χ1) is 9.56. The van der Waals surface area contributed by atoms with Gasteiger partial charge < -0.3 is 14.4 Å². The van der Waals surface area contributed by atoms with Crippen LogP contribution in [0.15, 0.2) is 17.2 Å². The number of aromatic nitrogens is 1. The quantitative estimate of drug-likeness (QED) is 0.816. The second kappa shape index (κ2) is 6.71. The van der Waals surface area contributed by atoms with Crippen LogP contribution in [0.5, 0.6) is 0 Å². The standard InChI is InChI=1S/C13H22N2O4S/c1-2-5-15-8-13(7-12(15)9-16)20(17,18)14-11-4-3-6-19-10-11/h7-8,11,14,16H,2-6,9-10H2,1H3. The number of nitrogens with one attached hydrogen (secondary N) is 1. The van der Waals surface area contributed by atoms with Crippen LogP contribution < -0.4 is 4.72 Å². The lowest BCUT2D eigenvalue weighted by Crippen LogP contribution is -2.40. The molecule has 1 saturated heterocycles. The number of hydrogen-bond acceptors (Lipinski definition) is 4. The Bertz CT molecular complexity index is 533. The molecule has 0 amide bonds. The maximum Gasteiger partial charge on any atom is 0.242 e. The average molecular weight is 302 g/mol. The Morgan fingerprint density at radius 1 is 1.55 bits per heavy atom. The van der Waals surface area contributed by atoms with Crippen LogP contribution in [0.25, 0.3) is 0 Å². The minimum absolute atomic E-state index is 0.165. The van der Waals surface area contributed by atoms with Crippen LogP contribution in [-0.2, 0) is 27.9 Å². The lowest BCUT2D eigenvalue weighted by atomic mass is 10.1. The summed E-state index contributed by atoms with van der Waals surface area (Å²) in [5.41, 5.74) is 0.618. The lowest BCUT2D eigenvalue weighted by molar-refractivity contribution is 0.0774. The molecule has 0 aromatic carbocycles. The molecule has 114 valence electrons. The number of nitrogens with zero attached hydrogens (tertiary/aromatic N) is 1. The molecular weight excluding hydrogens is 280 g/mol. The first-order valence-electron chi connectivity index (χ1n) is 6.97. The Labute approximate surface area is 119 Å². The molecule has 6 nitrogen and oxygen atoms in total. The zero-order chi connectivity index (χ0) is 14.6. The number of aryl methyl sites for hydroxylation is 1. The third-order valence-electron chi connectivity index (χ3n) is 3.38. The van der Waals surface area contributed by atoms with Gasteiger partial charge in [0.2, 0.25) is 10.0 Å². The minimum Gasteiger partial charge on any atom is -0.390 e. The van der Waals surface area contributed by atoms with Gasteiger partial charge in [0.15, 0.2) is 0 Å². The number of rotatable bonds is 6. The van der Waals surface area contributed by atoms with Gasteiger partial charge in [-0.1, -0.05) is 6.92 Å². The van der Waals surface area contributed by atoms with E-state index in [-0.39, 0.29) is 17.5 Å². The van der Waals surface area contributed by atoms with Crippen molar-refractivity contribution < 1.29 is 18.3 Å². The molecule has 1 unspecified atom stereocenters. The molecule has 0 radical (unpaired) electrons. The summed E-state index contributed by atoms with van der Waals surface area (Å²) in [5.74, 6) is 0. The van der Waals surface area contributed by atoms with E-state index in [1.54, 1.807) is 10.8 Å². The summed E-state index contributed by atoms with van der Waals surface area (Å²) in [4.78, 5) is 0.209. The van der Waals surface area contributed by atoms with Crippen molar-refractivity contribution in [1.82, 2.24) is 9.29 Å². The van der Waals surface area contributed by atoms with E-state index in [0.717, 1.165) is 19.3 Å². The molecular formula is C13H22N2O4S. The third-order valence-corrected chi connectivity index (χ3v) is 4.87. The number of aliphatic hydroxyl groups is 1. The summed E-state index contributed by atoms with van der Waals surface area (Å²) >= 11 is 0. The zero-order valence-corrected chi connectivity index (χ0v) is 12.5. The Kier molecular flexibility index (Phi) is 5.20. The zero-order valence-electron chi connectivity index (χ0n) is 11.7. The van der Waals surface area contributed by atoms with Crippen LogP contribution >= 0.6 is 0 Å². The van der Waals surface area contributed by atoms with Gasteiger partial charge in [-0.05, 0) is 25.3 Å². The van der Waals surface area contributed by atoms with E-state index < -0.39 is 10.0 Å². The molecule has 1 aliphatic rings. The SMILES string of the molecule is CCCn1cc(S(=O)(=O)NC2CCCOC2)cc1CO. The number of hydrogen-bond donors (Lipinski definition) is 2. The van der Waals surface area contributed by atoms with Crippen molar-refractivity contribution >= 4 is 10.0 Å². The molecule has 2 heterocycles. The molecule has 1 aromatic heterocycles. The first kappa shape index (κ1) is 15.5. The fourth-order valence-electron chi connectivity index (χ4n) is 2.37. The predicted octanol–water partition coefficient (Wildman–Crippen LogP) is 0.848. The molecule has 1 aliphatic heterocycles. The van der Waals surface area contributed by atoms with Crippen LogP contribution in [0, 0.1) is 0 Å². The fourth-order valence-corrected chi connectivity index (χ4v) is 3.69. The van der Waals surface area contributed by atoms with Gasteiger partial charge in [0.1, 0.15) is 0 Å². The third kappa shape index (κ3) is 3.60. The highest BCUT2D eigenvalue weighted by Crippen LogP contribution is 2.17. The van der Waals surface area contributed by atoms with E-state index in [1.807, 2.05) is 6.92 Å². The van der Waals surface area contributed by atoms with E-state index in [2.05, 4.69) is 4.72 Å². The van der Waals surface area contributed by atoms with E-state index in [1.165, 1.54) is 6.07 Å². The second-order valence-electron chi connectivity index (χ2n) is 5.05. The monoisotopic (exact) mass is 302 g/mol. The van der Waals surface area contributed by atoms with Gasteiger partial charge in [0.05, 0.1) is 18.1 Å². The van der Waals surface area contributed by atoms with Gasteiger partial charge in [0.25, 0.3) is 0 Å². The highest BCUT2D eigenvalue weighted by Gasteiger charge is 2.24. The molecule has 0 aliphatic carbocycles. The Morgan fingerprint density at radius 3 is 2.95 bits per heavy atom. The molecule has 1 fully saturated rings. The largest absolute Gasteiger partial charge is 0.390 e. The first-order valence-corrected chi connectivity index (χ1v) is 8.45. The molecule has 1 aromatic rings. The predicted molar refractivity (Wildman–Crippen MR) is 74.8 cm³/mol. The van der Waals surface area contributed by atoms with Gasteiger partial charge in [-0.2, -0.15) is 0 Å². The minimum atomic E-state index is -3.55. The highest BCUT2D eigenvalue weighted by atomic mass is 32.2. The van der Waals surface area contributed by atoms with Gasteiger partial charge in [0, 0.05) is 31.1 Å². The maximum atomic E-state index is 12.3. The molecule has 0 spiro atoms. The molecule has 0 bridgehead atoms. The Morgan fingerprint density at radius 2 is 2.35 bits per heavy atom. The summed E-state index contributed by atoms with van der Waals surface area (Å²) in [5, 5.41) is 9.29. The van der Waals surface area contributed by atoms with Crippen molar-refractivity contribution in [2.24, 2.45) is 0 Å². The van der Waals surface area contributed by atoms with Gasteiger partial charge in [-0.3, -0.25) is 0 Å². The smallest absolute Gasteiger partial charge is 0.242 e. The molecule has 7 heteroatoms. The normalized spacial score (nSPS) is 20.2. The van der Waals surface area contributed by atoms with Crippen LogP contribution in [0.2, 0.25) is 0 Å². The number of aliphatic hydroxyl groups excluding tert-OH is 1. The summed E-state index contributed by atoms with van der Waals surface area (Å²) in [6.45, 7) is 3.65. The Balaban J connectivity index is 2.15. The van der Waals surface area contributed by atoms with Crippen LogP contribution in [0.4, 0.5) is 0 Å². The molecule has 2 N–H and O–H groups in total. The van der Waals surface area contributed by atoms with E-state index in [9.17, 15) is 13.5 Å². The van der Waals surface area contributed by atoms with Gasteiger partial charge >= 0.3 is 0 Å². The summed E-state index contributed by atoms with van der Waals surface area (Å²) in [6, 6.07) is 1.36. The molecule has 1 atom stereocenters. The van der Waals surface area contributed by atoms with Crippen LogP contribution in [0.1, 0.15) is 31.9 Å². The molecule has 2 rings (SSSR count). The highest BCUT2D eigenvalue weighted by molar-refractivity contribution is 7.89. The lowest BCUT2D eigenvalue weighted by Gasteiger charge is -2.22. The van der Waals surface area contributed by atoms with Crippen molar-refractivity contribution in [2.45, 2.75) is 50.3 Å². The number of sulfonamides is 1. The summed E-state index contributed by atoms with van der Waals surface area (Å²) in [7, 11) is -3.55. The van der Waals surface area contributed by atoms with E-state index in [0.29, 0.717) is 25.5 Å². The fraction of sp³-hybridized carbons (Fsp3) is 0.692. The molecule has 0 saturated carbocycles. The second-order valence-corrected chi connectivity index (χ2v) is 6.77. The van der Waals surface area contributed by atoms with Gasteiger partial charge in [-0.15, -0.1) is 0 Å². The maximum absolute atomic E-state index is 12.3. The van der Waals surface area contributed by atoms with Crippen molar-refractivity contribution in [3.8, 4) is 0 Å². The van der Waals surface area contributed by atoms with Crippen LogP contribution in [-0.4, -0.2) is 37.3 Å².